The highest BCUT2D eigenvalue weighted by Gasteiger charge is 2.33. The number of carbonyl (C=O) groups excluding carboxylic acids is 3. The number of aromatic hydroxyl groups is 1. The maximum absolute atomic E-state index is 15.1. The van der Waals surface area contributed by atoms with Crippen molar-refractivity contribution in [2.24, 2.45) is 5.10 Å². The number of carbonyl (C=O) groups is 3. The van der Waals surface area contributed by atoms with E-state index in [-0.39, 0.29) is 41.8 Å². The van der Waals surface area contributed by atoms with Crippen LogP contribution in [0.3, 0.4) is 0 Å². The second-order valence-electron chi connectivity index (χ2n) is 10.6. The van der Waals surface area contributed by atoms with Gasteiger partial charge in [-0.15, -0.1) is 0 Å². The van der Waals surface area contributed by atoms with Gasteiger partial charge in [0.2, 0.25) is 5.91 Å². The van der Waals surface area contributed by atoms with E-state index in [4.69, 9.17) is 4.74 Å². The lowest BCUT2D eigenvalue weighted by molar-refractivity contribution is -0.137. The smallest absolute Gasteiger partial charge is 0.416 e. The first-order valence-electron chi connectivity index (χ1n) is 14.0. The molecule has 0 saturated carbocycles. The topological polar surface area (TPSA) is 115 Å². The summed E-state index contributed by atoms with van der Waals surface area (Å²) < 4.78 is 58.8. The number of nitrogens with one attached hydrogen (secondary N) is 1. The number of benzene rings is 3. The number of anilines is 1. The van der Waals surface area contributed by atoms with Crippen molar-refractivity contribution in [2.45, 2.75) is 19.2 Å². The number of piperazine rings is 1. The van der Waals surface area contributed by atoms with E-state index in [0.29, 0.717) is 43.0 Å². The number of cyclic esters (lactones) is 1. The Morgan fingerprint density at radius 3 is 2.38 bits per heavy atom. The number of hydrogen-bond acceptors (Lipinski definition) is 7. The Morgan fingerprint density at radius 2 is 1.76 bits per heavy atom. The average molecular weight is 628 g/mol. The second kappa shape index (κ2) is 12.8. The number of rotatable bonds is 7. The third-order valence-electron chi connectivity index (χ3n) is 7.42. The molecule has 14 heteroatoms. The Labute approximate surface area is 255 Å². The highest BCUT2D eigenvalue weighted by Crippen LogP contribution is 2.32. The first kappa shape index (κ1) is 31.3. The number of amides is 3. The fourth-order valence-corrected chi connectivity index (χ4v) is 4.97. The lowest BCUT2D eigenvalue weighted by Gasteiger charge is -2.33. The summed E-state index contributed by atoms with van der Waals surface area (Å²) in [5.74, 6) is -1.38. The summed E-state index contributed by atoms with van der Waals surface area (Å²) in [7, 11) is 0. The van der Waals surface area contributed by atoms with Crippen molar-refractivity contribution in [2.75, 3.05) is 44.2 Å². The van der Waals surface area contributed by atoms with Gasteiger partial charge in [0.05, 0.1) is 43.6 Å². The minimum atomic E-state index is -4.48. The van der Waals surface area contributed by atoms with Gasteiger partial charge in [-0.1, -0.05) is 6.07 Å². The molecule has 1 atom stereocenters. The Bertz CT molecular complexity index is 1620. The first-order valence-corrected chi connectivity index (χ1v) is 14.0. The molecule has 2 N–H and O–H groups in total. The van der Waals surface area contributed by atoms with Gasteiger partial charge in [0.25, 0.3) is 5.91 Å². The van der Waals surface area contributed by atoms with Crippen molar-refractivity contribution in [3.05, 3.63) is 83.2 Å². The molecule has 0 aliphatic carbocycles. The molecular weight excluding hydrogens is 598 g/mol. The molecule has 3 aromatic carbocycles. The van der Waals surface area contributed by atoms with Gasteiger partial charge in [-0.3, -0.25) is 19.5 Å². The standard InChI is InChI=1S/C31H29F4N5O5/c1-19(41)36-17-25-18-40(30(44)45-25)24-8-9-26(27(32)15-24)21-2-3-22(28(42)14-21)16-37-39-12-10-38(11-13-39)29(43)20-4-6-23(7-5-20)31(33,34)35/h2-9,14-16,25,42H,10-13,17-18H2,1H3,(H,36,41)/t25-/m0/s1. The number of hydrazone groups is 1. The van der Waals surface area contributed by atoms with Crippen LogP contribution in [-0.4, -0.2) is 84.5 Å². The number of phenolic OH excluding ortho intramolecular Hbond substituents is 1. The Balaban J connectivity index is 1.17. The molecule has 0 bridgehead atoms. The maximum atomic E-state index is 15.1. The van der Waals surface area contributed by atoms with Crippen LogP contribution in [0.1, 0.15) is 28.4 Å². The summed E-state index contributed by atoms with van der Waals surface area (Å²) in [4.78, 5) is 38.9. The monoisotopic (exact) mass is 627 g/mol. The predicted molar refractivity (Wildman–Crippen MR) is 156 cm³/mol. The van der Waals surface area contributed by atoms with Crippen molar-refractivity contribution in [3.63, 3.8) is 0 Å². The zero-order valence-corrected chi connectivity index (χ0v) is 24.1. The van der Waals surface area contributed by atoms with E-state index >= 15 is 4.39 Å². The normalized spacial score (nSPS) is 17.1. The summed E-state index contributed by atoms with van der Waals surface area (Å²) >= 11 is 0. The van der Waals surface area contributed by atoms with E-state index in [9.17, 15) is 32.7 Å². The van der Waals surface area contributed by atoms with Crippen LogP contribution < -0.4 is 10.2 Å². The van der Waals surface area contributed by atoms with Crippen LogP contribution in [0.15, 0.2) is 65.8 Å². The van der Waals surface area contributed by atoms with Gasteiger partial charge in [-0.25, -0.2) is 9.18 Å². The summed E-state index contributed by atoms with van der Waals surface area (Å²) in [6, 6.07) is 12.9. The lowest BCUT2D eigenvalue weighted by atomic mass is 10.0. The van der Waals surface area contributed by atoms with Crippen molar-refractivity contribution in [1.29, 1.82) is 0 Å². The molecular formula is C31H29F4N5O5. The largest absolute Gasteiger partial charge is 0.507 e. The van der Waals surface area contributed by atoms with Gasteiger partial charge < -0.3 is 20.1 Å². The highest BCUT2D eigenvalue weighted by atomic mass is 19.4. The third kappa shape index (κ3) is 7.33. The quantitative estimate of drug-likeness (QED) is 0.295. The van der Waals surface area contributed by atoms with Crippen LogP contribution in [0.4, 0.5) is 28.0 Å². The molecule has 0 spiro atoms. The number of ether oxygens (including phenoxy) is 1. The van der Waals surface area contributed by atoms with Crippen LogP contribution in [0.25, 0.3) is 11.1 Å². The van der Waals surface area contributed by atoms with Crippen LogP contribution in [0.2, 0.25) is 0 Å². The fraction of sp³-hybridized carbons (Fsp3) is 0.290. The van der Waals surface area contributed by atoms with E-state index in [1.165, 1.54) is 41.1 Å². The molecule has 5 rings (SSSR count). The van der Waals surface area contributed by atoms with Crippen molar-refractivity contribution in [1.82, 2.24) is 15.2 Å². The molecule has 0 radical (unpaired) electrons. The molecule has 45 heavy (non-hydrogen) atoms. The number of phenols is 1. The Kier molecular flexibility index (Phi) is 8.93. The molecule has 10 nitrogen and oxygen atoms in total. The number of halogens is 4. The molecule has 3 aromatic rings. The van der Waals surface area contributed by atoms with E-state index in [0.717, 1.165) is 24.3 Å². The van der Waals surface area contributed by atoms with Crippen molar-refractivity contribution in [3.8, 4) is 16.9 Å². The molecule has 2 aliphatic heterocycles. The van der Waals surface area contributed by atoms with E-state index in [2.05, 4.69) is 10.4 Å². The van der Waals surface area contributed by atoms with Crippen LogP contribution in [0.5, 0.6) is 5.75 Å². The van der Waals surface area contributed by atoms with Gasteiger partial charge in [-0.05, 0) is 60.2 Å². The minimum absolute atomic E-state index is 0.139. The number of alkyl halides is 3. The predicted octanol–water partition coefficient (Wildman–Crippen LogP) is 4.47. The first-order chi connectivity index (χ1) is 21.4. The Morgan fingerprint density at radius 1 is 1.04 bits per heavy atom. The zero-order chi connectivity index (χ0) is 32.3. The van der Waals surface area contributed by atoms with E-state index in [1.54, 1.807) is 23.2 Å². The second-order valence-corrected chi connectivity index (χ2v) is 10.6. The molecule has 3 amide bonds. The third-order valence-corrected chi connectivity index (χ3v) is 7.42. The van der Waals surface area contributed by atoms with Gasteiger partial charge in [-0.2, -0.15) is 18.3 Å². The van der Waals surface area contributed by atoms with Crippen LogP contribution in [0, 0.1) is 5.82 Å². The zero-order valence-electron chi connectivity index (χ0n) is 24.1. The van der Waals surface area contributed by atoms with Crippen LogP contribution >= 0.6 is 0 Å². The summed E-state index contributed by atoms with van der Waals surface area (Å²) in [5.41, 5.74) is 0.621. The molecule has 2 aliphatic rings. The van der Waals surface area contributed by atoms with Gasteiger partial charge in [0, 0.05) is 36.7 Å². The molecule has 0 aromatic heterocycles. The number of nitrogens with zero attached hydrogens (tertiary/aromatic N) is 4. The molecule has 2 heterocycles. The SMILES string of the molecule is CC(=O)NC[C@H]1CN(c2ccc(-c3ccc(C=NN4CCN(C(=O)c5ccc(C(F)(F)F)cc5)CC4)c(O)c3)c(F)c2)C(=O)O1. The highest BCUT2D eigenvalue weighted by molar-refractivity contribution is 5.94. The van der Waals surface area contributed by atoms with Gasteiger partial charge in [0.15, 0.2) is 0 Å². The van der Waals surface area contributed by atoms with Crippen molar-refractivity contribution >= 4 is 29.8 Å². The summed E-state index contributed by atoms with van der Waals surface area (Å²) in [5, 5.41) is 19.3. The minimum Gasteiger partial charge on any atom is -0.507 e. The van der Waals surface area contributed by atoms with Crippen LogP contribution in [-0.2, 0) is 15.7 Å². The maximum Gasteiger partial charge on any atom is 0.416 e. The van der Waals surface area contributed by atoms with E-state index < -0.39 is 29.8 Å². The average Bonchev–Trinajstić information content (AvgIpc) is 3.39. The molecule has 2 saturated heterocycles. The molecule has 2 fully saturated rings. The molecule has 0 unspecified atom stereocenters. The van der Waals surface area contributed by atoms with Gasteiger partial charge in [0.1, 0.15) is 17.7 Å². The van der Waals surface area contributed by atoms with E-state index in [1.807, 2.05) is 0 Å². The fourth-order valence-electron chi connectivity index (χ4n) is 4.97. The van der Waals surface area contributed by atoms with Gasteiger partial charge >= 0.3 is 12.3 Å². The van der Waals surface area contributed by atoms with Crippen molar-refractivity contribution < 1.29 is 41.8 Å². The molecule has 236 valence electrons. The number of hydrogen-bond donors (Lipinski definition) is 2. The summed E-state index contributed by atoms with van der Waals surface area (Å²) in [6.45, 7) is 3.01. The Hall–Kier alpha value is -5.14. The summed E-state index contributed by atoms with van der Waals surface area (Å²) in [6.07, 6.45) is -4.24. The lowest BCUT2D eigenvalue weighted by Crippen LogP contribution is -2.46.